The molecule has 0 bridgehead atoms. The van der Waals surface area contributed by atoms with Crippen LogP contribution in [0.15, 0.2) is 12.2 Å². The first-order chi connectivity index (χ1) is 27.5. The number of nitrogens with one attached hydrogen (secondary N) is 1. The first-order valence-corrected chi connectivity index (χ1v) is 25.1. The lowest BCUT2D eigenvalue weighted by atomic mass is 9.99. The van der Waals surface area contributed by atoms with Crippen LogP contribution in [0.3, 0.4) is 0 Å². The molecule has 0 heterocycles. The van der Waals surface area contributed by atoms with Gasteiger partial charge in [0, 0.05) is 0 Å². The topological polar surface area (TPSA) is 110 Å². The van der Waals surface area contributed by atoms with Crippen molar-refractivity contribution in [3.05, 3.63) is 12.2 Å². The van der Waals surface area contributed by atoms with Gasteiger partial charge in [0.05, 0.1) is 18.8 Å². The summed E-state index contributed by atoms with van der Waals surface area (Å²) in [7, 11) is 0. The number of aliphatic hydroxyl groups excluding tert-OH is 4. The van der Waals surface area contributed by atoms with E-state index in [-0.39, 0.29) is 0 Å². The Labute approximate surface area is 349 Å². The summed E-state index contributed by atoms with van der Waals surface area (Å²) < 4.78 is 0. The van der Waals surface area contributed by atoms with Crippen LogP contribution in [0.25, 0.3) is 0 Å². The van der Waals surface area contributed by atoms with Gasteiger partial charge in [0.25, 0.3) is 0 Å². The second-order valence-corrected chi connectivity index (χ2v) is 17.5. The Morgan fingerprint density at radius 2 is 0.714 bits per heavy atom. The van der Waals surface area contributed by atoms with Gasteiger partial charge in [-0.05, 0) is 38.5 Å². The van der Waals surface area contributed by atoms with Crippen molar-refractivity contribution in [3.63, 3.8) is 0 Å². The van der Waals surface area contributed by atoms with E-state index in [1.807, 2.05) is 0 Å². The summed E-state index contributed by atoms with van der Waals surface area (Å²) in [6.45, 7) is 3.93. The van der Waals surface area contributed by atoms with Crippen molar-refractivity contribution in [1.29, 1.82) is 0 Å². The quantitative estimate of drug-likeness (QED) is 0.0311. The molecule has 0 rings (SSSR count). The maximum atomic E-state index is 12.4. The first-order valence-electron chi connectivity index (χ1n) is 25.1. The van der Waals surface area contributed by atoms with Gasteiger partial charge in [-0.25, -0.2) is 0 Å². The van der Waals surface area contributed by atoms with Gasteiger partial charge in [0.1, 0.15) is 12.2 Å². The number of rotatable bonds is 46. The molecule has 0 saturated carbocycles. The molecule has 1 amide bonds. The zero-order chi connectivity index (χ0) is 41.0. The van der Waals surface area contributed by atoms with E-state index < -0.39 is 36.9 Å². The molecule has 0 aromatic carbocycles. The van der Waals surface area contributed by atoms with Crippen molar-refractivity contribution in [2.24, 2.45) is 0 Å². The maximum Gasteiger partial charge on any atom is 0.249 e. The van der Waals surface area contributed by atoms with Gasteiger partial charge >= 0.3 is 0 Å². The molecule has 0 aliphatic carbocycles. The Balaban J connectivity index is 3.40. The molecular formula is C50H99NO5. The van der Waals surface area contributed by atoms with Gasteiger partial charge in [-0.1, -0.05) is 244 Å². The third kappa shape index (κ3) is 38.6. The van der Waals surface area contributed by atoms with E-state index in [4.69, 9.17) is 0 Å². The second-order valence-electron chi connectivity index (χ2n) is 17.5. The highest BCUT2D eigenvalue weighted by atomic mass is 16.3. The van der Waals surface area contributed by atoms with Crippen LogP contribution in [-0.2, 0) is 4.79 Å². The molecule has 0 aromatic rings. The molecule has 0 spiro atoms. The molecule has 334 valence electrons. The Morgan fingerprint density at radius 3 is 1.05 bits per heavy atom. The summed E-state index contributed by atoms with van der Waals surface area (Å²) in [6, 6.07) is -0.978. The van der Waals surface area contributed by atoms with Crippen molar-refractivity contribution in [3.8, 4) is 0 Å². The fraction of sp³-hybridized carbons (Fsp3) is 0.940. The number of hydrogen-bond donors (Lipinski definition) is 5. The number of amides is 1. The number of aliphatic hydroxyl groups is 4. The first kappa shape index (κ1) is 55.0. The molecule has 0 aliphatic heterocycles. The van der Waals surface area contributed by atoms with Crippen LogP contribution in [0.4, 0.5) is 0 Å². The molecular weight excluding hydrogens is 695 g/mol. The summed E-state index contributed by atoms with van der Waals surface area (Å²) in [6.07, 6.45) is 52.2. The molecule has 6 heteroatoms. The molecule has 56 heavy (non-hydrogen) atoms. The Kier molecular flexibility index (Phi) is 44.4. The van der Waals surface area contributed by atoms with Gasteiger partial charge in [0.15, 0.2) is 0 Å². The average Bonchev–Trinajstić information content (AvgIpc) is 3.20. The number of allylic oxidation sites excluding steroid dienone is 2. The Morgan fingerprint density at radius 1 is 0.429 bits per heavy atom. The van der Waals surface area contributed by atoms with Crippen LogP contribution in [0.2, 0.25) is 0 Å². The van der Waals surface area contributed by atoms with E-state index >= 15 is 0 Å². The van der Waals surface area contributed by atoms with E-state index in [1.165, 1.54) is 199 Å². The highest BCUT2D eigenvalue weighted by Crippen LogP contribution is 2.17. The lowest BCUT2D eigenvalue weighted by Crippen LogP contribution is -2.53. The predicted octanol–water partition coefficient (Wildman–Crippen LogP) is 13.7. The molecule has 0 aliphatic rings. The van der Waals surface area contributed by atoms with Crippen molar-refractivity contribution in [2.75, 3.05) is 6.61 Å². The van der Waals surface area contributed by atoms with E-state index in [2.05, 4.69) is 31.3 Å². The van der Waals surface area contributed by atoms with E-state index in [1.54, 1.807) is 0 Å². The van der Waals surface area contributed by atoms with Crippen LogP contribution in [0.1, 0.15) is 271 Å². The van der Waals surface area contributed by atoms with E-state index in [0.717, 1.165) is 44.9 Å². The minimum absolute atomic E-state index is 0.372. The highest BCUT2D eigenvalue weighted by molar-refractivity contribution is 5.80. The van der Waals surface area contributed by atoms with Gasteiger partial charge in [-0.2, -0.15) is 0 Å². The van der Waals surface area contributed by atoms with Crippen molar-refractivity contribution in [1.82, 2.24) is 5.32 Å². The fourth-order valence-corrected chi connectivity index (χ4v) is 7.99. The minimum atomic E-state index is -1.25. The average molecular weight is 794 g/mol. The number of carbonyl (C=O) groups excluding carboxylic acids is 1. The molecule has 6 nitrogen and oxygen atoms in total. The van der Waals surface area contributed by atoms with Gasteiger partial charge in [-0.15, -0.1) is 0 Å². The third-order valence-electron chi connectivity index (χ3n) is 12.0. The monoisotopic (exact) mass is 794 g/mol. The molecule has 4 unspecified atom stereocenters. The zero-order valence-electron chi connectivity index (χ0n) is 37.7. The lowest BCUT2D eigenvalue weighted by molar-refractivity contribution is -0.132. The highest BCUT2D eigenvalue weighted by Gasteiger charge is 2.28. The van der Waals surface area contributed by atoms with Crippen LogP contribution < -0.4 is 5.32 Å². The third-order valence-corrected chi connectivity index (χ3v) is 12.0. The van der Waals surface area contributed by atoms with Crippen LogP contribution in [-0.4, -0.2) is 57.3 Å². The number of carbonyl (C=O) groups is 1. The minimum Gasteiger partial charge on any atom is -0.394 e. The summed E-state index contributed by atoms with van der Waals surface area (Å²) in [5.41, 5.74) is 0. The number of unbranched alkanes of at least 4 members (excludes halogenated alkanes) is 35. The molecule has 5 N–H and O–H groups in total. The summed E-state index contributed by atoms with van der Waals surface area (Å²) in [5, 5.41) is 43.0. The van der Waals surface area contributed by atoms with E-state index in [0.29, 0.717) is 12.8 Å². The lowest BCUT2D eigenvalue weighted by Gasteiger charge is -2.27. The largest absolute Gasteiger partial charge is 0.394 e. The van der Waals surface area contributed by atoms with Crippen molar-refractivity contribution < 1.29 is 25.2 Å². The van der Waals surface area contributed by atoms with Crippen LogP contribution in [0.5, 0.6) is 0 Å². The van der Waals surface area contributed by atoms with Gasteiger partial charge in [-0.3, -0.25) is 4.79 Å². The Bertz CT molecular complexity index is 806. The standard InChI is InChI=1S/C50H99NO5/c1-3-5-7-9-10-11-12-13-14-15-16-17-18-19-20-21-22-23-24-25-26-27-28-29-30-31-32-33-34-35-36-37-38-39-40-42-44-48(54)50(56)51-46(45-52)49(55)47(53)43-41-8-6-4-2/h23-24,46-49,52-55H,3-22,25-45H2,1-2H3,(H,51,56)/b24-23-. The molecule has 0 radical (unpaired) electrons. The van der Waals surface area contributed by atoms with E-state index in [9.17, 15) is 25.2 Å². The molecule has 0 aromatic heterocycles. The summed E-state index contributed by atoms with van der Waals surface area (Å²) in [4.78, 5) is 12.4. The van der Waals surface area contributed by atoms with Crippen LogP contribution in [0, 0.1) is 0 Å². The van der Waals surface area contributed by atoms with Crippen molar-refractivity contribution >= 4 is 5.91 Å². The fourth-order valence-electron chi connectivity index (χ4n) is 7.99. The summed E-state index contributed by atoms with van der Waals surface area (Å²) >= 11 is 0. The zero-order valence-corrected chi connectivity index (χ0v) is 37.7. The molecule has 4 atom stereocenters. The normalized spacial score (nSPS) is 14.0. The van der Waals surface area contributed by atoms with Gasteiger partial charge in [0.2, 0.25) is 5.91 Å². The SMILES string of the molecule is CCCCCCCCCCCCCCCCCC/C=C\CCCCCCCCCCCCCCCCCCC(O)C(=O)NC(CO)C(O)C(O)CCCCCC. The molecule has 0 saturated heterocycles. The predicted molar refractivity (Wildman–Crippen MR) is 242 cm³/mol. The Hall–Kier alpha value is -0.950. The summed E-state index contributed by atoms with van der Waals surface area (Å²) in [5.74, 6) is -0.588. The van der Waals surface area contributed by atoms with Gasteiger partial charge < -0.3 is 25.7 Å². The number of hydrogen-bond acceptors (Lipinski definition) is 5. The molecule has 0 fully saturated rings. The van der Waals surface area contributed by atoms with Crippen LogP contribution >= 0.6 is 0 Å². The maximum absolute atomic E-state index is 12.4. The second kappa shape index (κ2) is 45.1. The van der Waals surface area contributed by atoms with Crippen molar-refractivity contribution in [2.45, 2.75) is 295 Å². The smallest absolute Gasteiger partial charge is 0.249 e.